The molecule has 2 atom stereocenters. The molecule has 0 bridgehead atoms. The van der Waals surface area contributed by atoms with Gasteiger partial charge < -0.3 is 20.8 Å². The van der Waals surface area contributed by atoms with Gasteiger partial charge in [0.15, 0.2) is 6.04 Å². The maximum atomic E-state index is 12.2. The lowest BCUT2D eigenvalue weighted by Crippen LogP contribution is -2.54. The molecule has 0 aromatic heterocycles. The predicted molar refractivity (Wildman–Crippen MR) is 74.1 cm³/mol. The lowest BCUT2D eigenvalue weighted by molar-refractivity contribution is -0.141. The maximum absolute atomic E-state index is 12.2. The van der Waals surface area contributed by atoms with Gasteiger partial charge in [0.25, 0.3) is 0 Å². The van der Waals surface area contributed by atoms with Gasteiger partial charge in [0, 0.05) is 0 Å². The Labute approximate surface area is 120 Å². The highest BCUT2D eigenvalue weighted by molar-refractivity contribution is 6.09. The number of para-hydroxylation sites is 2. The summed E-state index contributed by atoms with van der Waals surface area (Å²) in [5, 5.41) is 23.2. The summed E-state index contributed by atoms with van der Waals surface area (Å²) in [5.41, 5.74) is 0.928. The van der Waals surface area contributed by atoms with Crippen LogP contribution in [-0.2, 0) is 9.59 Å². The number of aliphatic hydroxyl groups excluding tert-OH is 1. The van der Waals surface area contributed by atoms with Gasteiger partial charge in [-0.3, -0.25) is 9.69 Å². The van der Waals surface area contributed by atoms with E-state index >= 15 is 0 Å². The van der Waals surface area contributed by atoms with Crippen molar-refractivity contribution >= 4 is 29.3 Å². The number of carboxylic acid groups (broad SMARTS) is 1. The Balaban J connectivity index is 2.23. The molecule has 2 unspecified atom stereocenters. The number of amides is 3. The molecule has 1 aromatic rings. The summed E-state index contributed by atoms with van der Waals surface area (Å²) >= 11 is 0. The predicted octanol–water partition coefficient (Wildman–Crippen LogP) is -0.0113. The van der Waals surface area contributed by atoms with Crippen molar-refractivity contribution in [2.75, 3.05) is 16.8 Å². The molecule has 0 radical (unpaired) electrons. The van der Waals surface area contributed by atoms with Gasteiger partial charge in [0.2, 0.25) is 5.91 Å². The number of hydrogen-bond acceptors (Lipinski definition) is 4. The number of urea groups is 1. The Kier molecular flexibility index (Phi) is 4.08. The van der Waals surface area contributed by atoms with Crippen LogP contribution in [0, 0.1) is 0 Å². The number of carboxylic acids is 1. The molecule has 1 aliphatic rings. The second kappa shape index (κ2) is 5.80. The number of aliphatic carboxylic acids is 1. The van der Waals surface area contributed by atoms with Crippen molar-refractivity contribution in [2.45, 2.75) is 19.1 Å². The second-order valence-electron chi connectivity index (χ2n) is 4.66. The molecular weight excluding hydrogens is 278 g/mol. The second-order valence-corrected chi connectivity index (χ2v) is 4.66. The van der Waals surface area contributed by atoms with Crippen LogP contribution in [0.5, 0.6) is 0 Å². The molecule has 0 saturated carbocycles. The molecule has 3 amide bonds. The highest BCUT2D eigenvalue weighted by atomic mass is 16.4. The summed E-state index contributed by atoms with van der Waals surface area (Å²) in [7, 11) is 0. The topological polar surface area (TPSA) is 119 Å². The molecule has 21 heavy (non-hydrogen) atoms. The van der Waals surface area contributed by atoms with E-state index in [0.29, 0.717) is 11.4 Å². The van der Waals surface area contributed by atoms with Crippen molar-refractivity contribution in [3.8, 4) is 0 Å². The summed E-state index contributed by atoms with van der Waals surface area (Å²) in [6.45, 7) is 1.03. The van der Waals surface area contributed by atoms with Crippen molar-refractivity contribution < 1.29 is 24.6 Å². The van der Waals surface area contributed by atoms with E-state index in [-0.39, 0.29) is 12.5 Å². The Morgan fingerprint density at radius 3 is 2.67 bits per heavy atom. The molecule has 0 aliphatic carbocycles. The molecule has 8 nitrogen and oxygen atoms in total. The number of anilines is 2. The molecule has 1 aliphatic heterocycles. The maximum Gasteiger partial charge on any atom is 0.328 e. The van der Waals surface area contributed by atoms with Gasteiger partial charge in [-0.15, -0.1) is 0 Å². The molecule has 0 fully saturated rings. The molecule has 8 heteroatoms. The monoisotopic (exact) mass is 293 g/mol. The number of nitrogens with zero attached hydrogens (tertiary/aromatic N) is 1. The zero-order valence-corrected chi connectivity index (χ0v) is 11.2. The summed E-state index contributed by atoms with van der Waals surface area (Å²) < 4.78 is 0. The van der Waals surface area contributed by atoms with E-state index < -0.39 is 24.1 Å². The lowest BCUT2D eigenvalue weighted by atomic mass is 10.1. The quantitative estimate of drug-likeness (QED) is 0.625. The molecule has 0 saturated heterocycles. The number of aliphatic hydroxyl groups is 1. The standard InChI is InChI=1S/C13H15N3O5/c1-7(17)11(12(19)20)15-13(21)16-6-10(18)14-8-4-2-3-5-9(8)16/h2-5,7,11,17H,6H2,1H3,(H,14,18)(H,15,21)(H,19,20). The molecule has 0 spiro atoms. The van der Waals surface area contributed by atoms with Gasteiger partial charge in [-0.1, -0.05) is 12.1 Å². The summed E-state index contributed by atoms with van der Waals surface area (Å²) in [5.74, 6) is -1.74. The molecule has 4 N–H and O–H groups in total. The van der Waals surface area contributed by atoms with E-state index in [9.17, 15) is 19.5 Å². The number of hydrogen-bond donors (Lipinski definition) is 4. The van der Waals surface area contributed by atoms with Crippen LogP contribution in [0.25, 0.3) is 0 Å². The van der Waals surface area contributed by atoms with Crippen LogP contribution in [0.15, 0.2) is 24.3 Å². The molecule has 112 valence electrons. The summed E-state index contributed by atoms with van der Waals surface area (Å²) in [4.78, 5) is 35.9. The Morgan fingerprint density at radius 2 is 2.05 bits per heavy atom. The first-order valence-corrected chi connectivity index (χ1v) is 6.28. The van der Waals surface area contributed by atoms with Crippen molar-refractivity contribution in [3.05, 3.63) is 24.3 Å². The smallest absolute Gasteiger partial charge is 0.328 e. The number of carbonyl (C=O) groups excluding carboxylic acids is 2. The summed E-state index contributed by atoms with van der Waals surface area (Å²) in [6, 6.07) is 4.46. The third-order valence-electron chi connectivity index (χ3n) is 3.04. The van der Waals surface area contributed by atoms with Gasteiger partial charge in [0.05, 0.1) is 17.5 Å². The minimum Gasteiger partial charge on any atom is -0.480 e. The highest BCUT2D eigenvalue weighted by Crippen LogP contribution is 2.28. The molecule has 1 heterocycles. The summed E-state index contributed by atoms with van der Waals surface area (Å²) in [6.07, 6.45) is -1.26. The number of nitrogens with one attached hydrogen (secondary N) is 2. The van der Waals surface area contributed by atoms with Crippen LogP contribution < -0.4 is 15.5 Å². The number of rotatable bonds is 3. The van der Waals surface area contributed by atoms with Gasteiger partial charge in [0.1, 0.15) is 6.54 Å². The van der Waals surface area contributed by atoms with Crippen LogP contribution in [0.2, 0.25) is 0 Å². The third-order valence-corrected chi connectivity index (χ3v) is 3.04. The van der Waals surface area contributed by atoms with Gasteiger partial charge in [-0.25, -0.2) is 9.59 Å². The van der Waals surface area contributed by atoms with Crippen molar-refractivity contribution in [3.63, 3.8) is 0 Å². The minimum absolute atomic E-state index is 0.227. The van der Waals surface area contributed by atoms with E-state index in [4.69, 9.17) is 5.11 Å². The number of benzene rings is 1. The van der Waals surface area contributed by atoms with Crippen LogP contribution in [0.1, 0.15) is 6.92 Å². The van der Waals surface area contributed by atoms with Crippen LogP contribution in [0.3, 0.4) is 0 Å². The number of fused-ring (bicyclic) bond motifs is 1. The Bertz CT molecular complexity index is 587. The van der Waals surface area contributed by atoms with E-state index in [2.05, 4.69) is 10.6 Å². The van der Waals surface area contributed by atoms with E-state index in [0.717, 1.165) is 4.90 Å². The first kappa shape index (κ1) is 14.8. The van der Waals surface area contributed by atoms with Gasteiger partial charge >= 0.3 is 12.0 Å². The largest absolute Gasteiger partial charge is 0.480 e. The normalized spacial score (nSPS) is 16.5. The van der Waals surface area contributed by atoms with E-state index in [1.54, 1.807) is 24.3 Å². The zero-order valence-electron chi connectivity index (χ0n) is 11.2. The Hall–Kier alpha value is -2.61. The SMILES string of the molecule is CC(O)C(NC(=O)N1CC(=O)Nc2ccccc21)C(=O)O. The zero-order chi connectivity index (χ0) is 15.6. The van der Waals surface area contributed by atoms with Crippen LogP contribution >= 0.6 is 0 Å². The fourth-order valence-corrected chi connectivity index (χ4v) is 2.01. The fourth-order valence-electron chi connectivity index (χ4n) is 2.01. The van der Waals surface area contributed by atoms with Gasteiger partial charge in [-0.2, -0.15) is 0 Å². The van der Waals surface area contributed by atoms with Gasteiger partial charge in [-0.05, 0) is 19.1 Å². The lowest BCUT2D eigenvalue weighted by Gasteiger charge is -2.30. The number of carbonyl (C=O) groups is 3. The third kappa shape index (κ3) is 3.11. The van der Waals surface area contributed by atoms with Crippen LogP contribution in [-0.4, -0.2) is 46.8 Å². The molecule has 1 aromatic carbocycles. The van der Waals surface area contributed by atoms with Crippen LogP contribution in [0.4, 0.5) is 16.2 Å². The van der Waals surface area contributed by atoms with Crippen molar-refractivity contribution in [1.82, 2.24) is 5.32 Å². The average Bonchev–Trinajstić information content (AvgIpc) is 2.42. The fraction of sp³-hybridized carbons (Fsp3) is 0.308. The average molecular weight is 293 g/mol. The first-order valence-electron chi connectivity index (χ1n) is 6.28. The molecule has 2 rings (SSSR count). The minimum atomic E-state index is -1.45. The highest BCUT2D eigenvalue weighted by Gasteiger charge is 2.31. The Morgan fingerprint density at radius 1 is 1.38 bits per heavy atom. The molecular formula is C13H15N3O5. The van der Waals surface area contributed by atoms with Crippen molar-refractivity contribution in [2.24, 2.45) is 0 Å². The first-order chi connectivity index (χ1) is 9.90. The van der Waals surface area contributed by atoms with Crippen molar-refractivity contribution in [1.29, 1.82) is 0 Å². The van der Waals surface area contributed by atoms with E-state index in [1.807, 2.05) is 0 Å². The van der Waals surface area contributed by atoms with E-state index in [1.165, 1.54) is 6.92 Å².